The normalized spacial score (nSPS) is 11.7. The van der Waals surface area contributed by atoms with Crippen LogP contribution in [-0.4, -0.2) is 39.0 Å². The lowest BCUT2D eigenvalue weighted by Gasteiger charge is -2.00. The summed E-state index contributed by atoms with van der Waals surface area (Å²) in [5.74, 6) is 0.776. The van der Waals surface area contributed by atoms with E-state index >= 15 is 0 Å². The Morgan fingerprint density at radius 3 is 2.88 bits per heavy atom. The molecule has 0 saturated carbocycles. The number of hydrogen-bond donors (Lipinski definition) is 0. The summed E-state index contributed by atoms with van der Waals surface area (Å²) in [5, 5.41) is 14.1. The van der Waals surface area contributed by atoms with Crippen LogP contribution in [0.3, 0.4) is 0 Å². The molecule has 0 bridgehead atoms. The third-order valence-corrected chi connectivity index (χ3v) is 4.58. The largest absolute Gasteiger partial charge is 0.307 e. The van der Waals surface area contributed by atoms with E-state index in [4.69, 9.17) is 0 Å². The van der Waals surface area contributed by atoms with E-state index in [1.165, 1.54) is 0 Å². The van der Waals surface area contributed by atoms with Gasteiger partial charge in [-0.1, -0.05) is 6.07 Å². The number of pyridine rings is 1. The first-order chi connectivity index (χ1) is 11.8. The predicted octanol–water partition coefficient (Wildman–Crippen LogP) is 1.67. The lowest BCUT2D eigenvalue weighted by Crippen LogP contribution is -2.08. The Hall–Kier alpha value is -3.07. The second-order valence-corrected chi connectivity index (χ2v) is 6.33. The molecule has 5 heterocycles. The lowest BCUT2D eigenvalue weighted by molar-refractivity contribution is 0.616. The van der Waals surface area contributed by atoms with E-state index in [0.717, 1.165) is 27.8 Å². The van der Waals surface area contributed by atoms with E-state index in [1.807, 2.05) is 57.2 Å². The Kier molecular flexibility index (Phi) is 2.92. The maximum Gasteiger partial charge on any atom is 0.193 e. The Balaban J connectivity index is 1.42. The molecule has 0 fully saturated rings. The molecule has 0 aliphatic rings. The third-order valence-electron chi connectivity index (χ3n) is 3.81. The van der Waals surface area contributed by atoms with E-state index in [9.17, 15) is 0 Å². The highest BCUT2D eigenvalue weighted by Crippen LogP contribution is 2.14. The SMILES string of the molecule is c1ccn2cc(Cn3nnnc3Cc3cn4ccsc4n3)nc2c1. The maximum atomic E-state index is 4.59. The molecule has 24 heavy (non-hydrogen) atoms. The molecule has 0 N–H and O–H groups in total. The van der Waals surface area contributed by atoms with Crippen molar-refractivity contribution in [1.82, 2.24) is 39.0 Å². The highest BCUT2D eigenvalue weighted by atomic mass is 32.1. The van der Waals surface area contributed by atoms with Gasteiger partial charge in [0.1, 0.15) is 5.65 Å². The van der Waals surface area contributed by atoms with Gasteiger partial charge in [0.25, 0.3) is 0 Å². The number of fused-ring (bicyclic) bond motifs is 2. The van der Waals surface area contributed by atoms with Crippen LogP contribution < -0.4 is 0 Å². The second-order valence-electron chi connectivity index (χ2n) is 5.45. The molecule has 0 amide bonds. The van der Waals surface area contributed by atoms with E-state index in [-0.39, 0.29) is 0 Å². The minimum absolute atomic E-state index is 0.534. The highest BCUT2D eigenvalue weighted by molar-refractivity contribution is 7.15. The molecule has 0 spiro atoms. The molecule has 0 saturated heterocycles. The minimum Gasteiger partial charge on any atom is -0.307 e. The fourth-order valence-corrected chi connectivity index (χ4v) is 3.43. The van der Waals surface area contributed by atoms with Crippen LogP contribution >= 0.6 is 11.3 Å². The van der Waals surface area contributed by atoms with Crippen molar-refractivity contribution in [3.63, 3.8) is 0 Å². The van der Waals surface area contributed by atoms with Crippen LogP contribution in [0, 0.1) is 0 Å². The molecular weight excluding hydrogens is 324 g/mol. The molecule has 5 rings (SSSR count). The van der Waals surface area contributed by atoms with Gasteiger partial charge in [-0.3, -0.25) is 4.40 Å². The Morgan fingerprint density at radius 2 is 1.96 bits per heavy atom. The Labute approximate surface area is 140 Å². The number of rotatable bonds is 4. The van der Waals surface area contributed by atoms with E-state index in [0.29, 0.717) is 13.0 Å². The van der Waals surface area contributed by atoms with Gasteiger partial charge in [-0.15, -0.1) is 16.4 Å². The van der Waals surface area contributed by atoms with Crippen molar-refractivity contribution in [2.24, 2.45) is 0 Å². The van der Waals surface area contributed by atoms with Crippen molar-refractivity contribution < 1.29 is 0 Å². The molecule has 5 aromatic heterocycles. The van der Waals surface area contributed by atoms with Crippen LogP contribution in [-0.2, 0) is 13.0 Å². The quantitative estimate of drug-likeness (QED) is 0.499. The number of imidazole rings is 2. The maximum absolute atomic E-state index is 4.59. The Bertz CT molecular complexity index is 1070. The number of tetrazole rings is 1. The zero-order valence-electron chi connectivity index (χ0n) is 12.5. The Morgan fingerprint density at radius 1 is 1.00 bits per heavy atom. The zero-order chi connectivity index (χ0) is 15.9. The smallest absolute Gasteiger partial charge is 0.193 e. The van der Waals surface area contributed by atoms with Crippen LogP contribution in [0.4, 0.5) is 0 Å². The fraction of sp³-hybridized carbons (Fsp3) is 0.133. The summed E-state index contributed by atoms with van der Waals surface area (Å²) in [6.45, 7) is 0.534. The fourth-order valence-electron chi connectivity index (χ4n) is 2.71. The molecule has 0 aromatic carbocycles. The number of nitrogens with zero attached hydrogens (tertiary/aromatic N) is 8. The second kappa shape index (κ2) is 5.24. The van der Waals surface area contributed by atoms with E-state index in [1.54, 1.807) is 16.0 Å². The van der Waals surface area contributed by atoms with Gasteiger partial charge in [0, 0.05) is 30.2 Å². The van der Waals surface area contributed by atoms with Gasteiger partial charge in [0.15, 0.2) is 10.8 Å². The van der Waals surface area contributed by atoms with Crippen molar-refractivity contribution in [3.05, 3.63) is 65.6 Å². The van der Waals surface area contributed by atoms with Gasteiger partial charge >= 0.3 is 0 Å². The van der Waals surface area contributed by atoms with Gasteiger partial charge < -0.3 is 4.40 Å². The molecule has 5 aromatic rings. The van der Waals surface area contributed by atoms with Gasteiger partial charge in [-0.05, 0) is 22.6 Å². The molecule has 9 heteroatoms. The minimum atomic E-state index is 0.534. The average Bonchev–Trinajstić information content (AvgIpc) is 3.31. The molecule has 118 valence electrons. The van der Waals surface area contributed by atoms with Crippen LogP contribution in [0.25, 0.3) is 10.6 Å². The van der Waals surface area contributed by atoms with Gasteiger partial charge in [-0.2, -0.15) is 0 Å². The monoisotopic (exact) mass is 336 g/mol. The first-order valence-electron chi connectivity index (χ1n) is 7.44. The zero-order valence-corrected chi connectivity index (χ0v) is 13.3. The van der Waals surface area contributed by atoms with Gasteiger partial charge in [0.05, 0.1) is 24.4 Å². The van der Waals surface area contributed by atoms with Crippen LogP contribution in [0.15, 0.2) is 48.4 Å². The average molecular weight is 336 g/mol. The summed E-state index contributed by atoms with van der Waals surface area (Å²) in [6, 6.07) is 5.92. The molecule has 0 aliphatic carbocycles. The van der Waals surface area contributed by atoms with E-state index in [2.05, 4.69) is 25.5 Å². The van der Waals surface area contributed by atoms with Crippen LogP contribution in [0.5, 0.6) is 0 Å². The standard InChI is InChI=1S/C15H12N8S/c1-2-4-21-9-12(16-13(21)3-1)10-23-14(18-19-20-23)7-11-8-22-5-6-24-15(22)17-11/h1-6,8-9H,7,10H2. The number of aromatic nitrogens is 8. The highest BCUT2D eigenvalue weighted by Gasteiger charge is 2.12. The topological polar surface area (TPSA) is 78.2 Å². The molecule has 0 radical (unpaired) electrons. The summed E-state index contributed by atoms with van der Waals surface area (Å²) in [5.41, 5.74) is 2.78. The molecule has 8 nitrogen and oxygen atoms in total. The summed E-state index contributed by atoms with van der Waals surface area (Å²) in [4.78, 5) is 10.2. The number of thiazole rings is 1. The first-order valence-corrected chi connectivity index (χ1v) is 8.32. The summed E-state index contributed by atoms with van der Waals surface area (Å²) < 4.78 is 5.77. The molecule has 0 atom stereocenters. The number of hydrogen-bond acceptors (Lipinski definition) is 6. The van der Waals surface area contributed by atoms with Crippen LogP contribution in [0.1, 0.15) is 17.2 Å². The lowest BCUT2D eigenvalue weighted by atomic mass is 10.3. The van der Waals surface area contributed by atoms with Crippen molar-refractivity contribution in [2.75, 3.05) is 0 Å². The van der Waals surface area contributed by atoms with Gasteiger partial charge in [0.2, 0.25) is 0 Å². The molecular formula is C15H12N8S. The van der Waals surface area contributed by atoms with Crippen LogP contribution in [0.2, 0.25) is 0 Å². The predicted molar refractivity (Wildman–Crippen MR) is 88.0 cm³/mol. The molecule has 0 aliphatic heterocycles. The third kappa shape index (κ3) is 2.26. The summed E-state index contributed by atoms with van der Waals surface area (Å²) >= 11 is 1.61. The van der Waals surface area contributed by atoms with Crippen molar-refractivity contribution in [1.29, 1.82) is 0 Å². The van der Waals surface area contributed by atoms with Gasteiger partial charge in [-0.25, -0.2) is 14.6 Å². The van der Waals surface area contributed by atoms with Crippen molar-refractivity contribution in [2.45, 2.75) is 13.0 Å². The summed E-state index contributed by atoms with van der Waals surface area (Å²) in [6.07, 6.45) is 8.57. The van der Waals surface area contributed by atoms with Crippen molar-refractivity contribution in [3.8, 4) is 0 Å². The summed E-state index contributed by atoms with van der Waals surface area (Å²) in [7, 11) is 0. The van der Waals surface area contributed by atoms with E-state index < -0.39 is 0 Å². The molecule has 0 unspecified atom stereocenters. The first kappa shape index (κ1) is 13.4. The van der Waals surface area contributed by atoms with Crippen molar-refractivity contribution >= 4 is 21.9 Å².